The first-order chi connectivity index (χ1) is 25.8. The van der Waals surface area contributed by atoms with Gasteiger partial charge >= 0.3 is 18.1 Å². The van der Waals surface area contributed by atoms with E-state index in [-0.39, 0.29) is 18.4 Å². The maximum Gasteiger partial charge on any atom is 0.410 e. The topological polar surface area (TPSA) is 134 Å². The van der Waals surface area contributed by atoms with Crippen LogP contribution in [0.4, 0.5) is 16.3 Å². The van der Waals surface area contributed by atoms with Crippen LogP contribution in [0.5, 0.6) is 11.8 Å². The predicted molar refractivity (Wildman–Crippen MR) is 205 cm³/mol. The summed E-state index contributed by atoms with van der Waals surface area (Å²) in [7, 11) is 0. The van der Waals surface area contributed by atoms with E-state index in [4.69, 9.17) is 28.9 Å². The molecular weight excluding hydrogens is 686 g/mol. The smallest absolute Gasteiger partial charge is 0.410 e. The fourth-order valence-electron chi connectivity index (χ4n) is 7.84. The number of benzene rings is 2. The Labute approximate surface area is 318 Å². The van der Waals surface area contributed by atoms with E-state index >= 15 is 0 Å². The summed E-state index contributed by atoms with van der Waals surface area (Å²) in [5, 5.41) is 11.8. The summed E-state index contributed by atoms with van der Waals surface area (Å²) in [6.07, 6.45) is 2.74. The van der Waals surface area contributed by atoms with Gasteiger partial charge in [0.25, 0.3) is 0 Å². The van der Waals surface area contributed by atoms with Gasteiger partial charge in [-0.1, -0.05) is 24.3 Å². The third-order valence-electron chi connectivity index (χ3n) is 10.6. The highest BCUT2D eigenvalue weighted by atomic mass is 16.6. The van der Waals surface area contributed by atoms with Crippen molar-refractivity contribution >= 4 is 34.3 Å². The van der Waals surface area contributed by atoms with Crippen LogP contribution >= 0.6 is 0 Å². The number of aromatic nitrogens is 2. The maximum atomic E-state index is 13.2. The highest BCUT2D eigenvalue weighted by molar-refractivity contribution is 5.96. The standard InChI is InChI=1S/C41H53N7O6/c1-40(2,3)37(49)53-30-20-27-10-7-8-11-32(27)35(22-30)46-16-13-33-34(25-46)43-38(51-19-9-15-45-24-31-21-29(45)26-52-31)44-36(33)47-17-18-48(28(23-47)12-14-42)39(50)54-41(4,5)6/h7-8,10-11,20,22,28-29,31H,9,12-13,15-19,21,23-26H2,1-6H3. The number of likely N-dealkylation sites (tertiary alicyclic amines) is 1. The number of carbonyl (C=O) groups is 2. The second-order valence-corrected chi connectivity index (χ2v) is 16.9. The number of hydrogen-bond acceptors (Lipinski definition) is 12. The number of fused-ring (bicyclic) bond motifs is 4. The zero-order valence-electron chi connectivity index (χ0n) is 32.5. The lowest BCUT2D eigenvalue weighted by Gasteiger charge is -2.42. The largest absolute Gasteiger partial charge is 0.463 e. The number of esters is 1. The molecule has 4 aliphatic rings. The van der Waals surface area contributed by atoms with E-state index in [0.29, 0.717) is 69.7 Å². The van der Waals surface area contributed by atoms with Crippen LogP contribution in [-0.4, -0.2) is 108 Å². The molecule has 3 saturated heterocycles. The fourth-order valence-corrected chi connectivity index (χ4v) is 7.84. The molecule has 3 atom stereocenters. The van der Waals surface area contributed by atoms with Gasteiger partial charge in [0.2, 0.25) is 0 Å². The maximum absolute atomic E-state index is 13.2. The van der Waals surface area contributed by atoms with Gasteiger partial charge in [-0.05, 0) is 72.3 Å². The lowest BCUT2D eigenvalue weighted by atomic mass is 9.97. The Morgan fingerprint density at radius 3 is 2.56 bits per heavy atom. The van der Waals surface area contributed by atoms with Crippen LogP contribution in [0.1, 0.15) is 72.1 Å². The second kappa shape index (κ2) is 15.2. The van der Waals surface area contributed by atoms with Crippen molar-refractivity contribution in [2.75, 3.05) is 62.3 Å². The molecule has 0 N–H and O–H groups in total. The number of hydrogen-bond donors (Lipinski definition) is 0. The number of carbonyl (C=O) groups excluding carboxylic acids is 2. The number of piperazine rings is 1. The predicted octanol–water partition coefficient (Wildman–Crippen LogP) is 5.73. The molecule has 4 aliphatic heterocycles. The van der Waals surface area contributed by atoms with E-state index in [0.717, 1.165) is 66.1 Å². The van der Waals surface area contributed by atoms with Crippen molar-refractivity contribution in [3.63, 3.8) is 0 Å². The van der Waals surface area contributed by atoms with E-state index < -0.39 is 17.1 Å². The Hall–Kier alpha value is -4.67. The monoisotopic (exact) mass is 739 g/mol. The quantitative estimate of drug-likeness (QED) is 0.151. The summed E-state index contributed by atoms with van der Waals surface area (Å²) in [4.78, 5) is 44.8. The van der Waals surface area contributed by atoms with Gasteiger partial charge in [0, 0.05) is 68.0 Å². The Kier molecular flexibility index (Phi) is 10.6. The van der Waals surface area contributed by atoms with Gasteiger partial charge in [0.05, 0.1) is 55.5 Å². The molecule has 0 spiro atoms. The Morgan fingerprint density at radius 1 is 1.02 bits per heavy atom. The summed E-state index contributed by atoms with van der Waals surface area (Å²) >= 11 is 0. The minimum atomic E-state index is -0.646. The van der Waals surface area contributed by atoms with Crippen molar-refractivity contribution in [2.45, 2.75) is 97.6 Å². The Morgan fingerprint density at radius 2 is 1.83 bits per heavy atom. The lowest BCUT2D eigenvalue weighted by molar-refractivity contribution is -0.142. The highest BCUT2D eigenvalue weighted by Gasteiger charge is 2.39. The molecule has 0 saturated carbocycles. The van der Waals surface area contributed by atoms with E-state index in [9.17, 15) is 14.9 Å². The van der Waals surface area contributed by atoms with Crippen molar-refractivity contribution in [2.24, 2.45) is 5.41 Å². The van der Waals surface area contributed by atoms with E-state index in [1.54, 1.807) is 4.90 Å². The van der Waals surface area contributed by atoms with Crippen LogP contribution in [0.15, 0.2) is 36.4 Å². The molecule has 13 heteroatoms. The van der Waals surface area contributed by atoms with Crippen molar-refractivity contribution in [1.29, 1.82) is 5.26 Å². The zero-order chi connectivity index (χ0) is 38.2. The van der Waals surface area contributed by atoms with Crippen molar-refractivity contribution in [3.8, 4) is 17.8 Å². The minimum Gasteiger partial charge on any atom is -0.463 e. The van der Waals surface area contributed by atoms with Crippen LogP contribution < -0.4 is 19.3 Å². The number of ether oxygens (including phenoxy) is 4. The summed E-state index contributed by atoms with van der Waals surface area (Å²) in [5.74, 6) is 0.998. The molecule has 2 bridgehead atoms. The van der Waals surface area contributed by atoms with Crippen molar-refractivity contribution in [1.82, 2.24) is 19.8 Å². The Balaban J connectivity index is 1.17. The summed E-state index contributed by atoms with van der Waals surface area (Å²) < 4.78 is 23.7. The third kappa shape index (κ3) is 8.35. The van der Waals surface area contributed by atoms with Crippen LogP contribution in [0.3, 0.4) is 0 Å². The number of nitriles is 1. The van der Waals surface area contributed by atoms with E-state index in [1.807, 2.05) is 71.9 Å². The number of anilines is 2. The van der Waals surface area contributed by atoms with Gasteiger partial charge in [-0.3, -0.25) is 9.69 Å². The molecule has 0 radical (unpaired) electrons. The van der Waals surface area contributed by atoms with Gasteiger partial charge in [-0.15, -0.1) is 0 Å². The first kappa shape index (κ1) is 37.6. The van der Waals surface area contributed by atoms with Crippen LogP contribution in [0, 0.1) is 16.7 Å². The second-order valence-electron chi connectivity index (χ2n) is 16.9. The molecule has 1 aromatic heterocycles. The van der Waals surface area contributed by atoms with Gasteiger partial charge in [0.15, 0.2) is 0 Å². The van der Waals surface area contributed by atoms with Gasteiger partial charge in [-0.2, -0.15) is 15.2 Å². The van der Waals surface area contributed by atoms with Crippen molar-refractivity contribution < 1.29 is 28.5 Å². The van der Waals surface area contributed by atoms with Gasteiger partial charge in [-0.25, -0.2) is 4.79 Å². The van der Waals surface area contributed by atoms with Gasteiger partial charge < -0.3 is 33.6 Å². The number of amides is 1. The number of rotatable bonds is 9. The normalized spacial score (nSPS) is 21.6. The Bertz CT molecular complexity index is 1920. The molecule has 5 heterocycles. The van der Waals surface area contributed by atoms with E-state index in [1.165, 1.54) is 0 Å². The number of nitrogens with zero attached hydrogens (tertiary/aromatic N) is 7. The molecule has 2 aromatic carbocycles. The van der Waals surface area contributed by atoms with Crippen LogP contribution in [0.25, 0.3) is 10.8 Å². The molecule has 0 aliphatic carbocycles. The van der Waals surface area contributed by atoms with Crippen LogP contribution in [-0.2, 0) is 27.2 Å². The van der Waals surface area contributed by atoms with Gasteiger partial charge in [0.1, 0.15) is 17.2 Å². The van der Waals surface area contributed by atoms with Crippen LogP contribution in [0.2, 0.25) is 0 Å². The molecular formula is C41H53N7O6. The first-order valence-electron chi connectivity index (χ1n) is 19.3. The molecule has 3 aromatic rings. The zero-order valence-corrected chi connectivity index (χ0v) is 32.5. The molecule has 3 unspecified atom stereocenters. The highest BCUT2D eigenvalue weighted by Crippen LogP contribution is 2.38. The molecule has 13 nitrogen and oxygen atoms in total. The molecule has 3 fully saturated rings. The van der Waals surface area contributed by atoms with E-state index in [2.05, 4.69) is 26.8 Å². The summed E-state index contributed by atoms with van der Waals surface area (Å²) in [5.41, 5.74) is 1.57. The average molecular weight is 740 g/mol. The molecule has 7 rings (SSSR count). The SMILES string of the molecule is CC(C)(C)OC(=O)N1CCN(c2nc(OCCCN3CC4CC3CO4)nc3c2CCN(c2cc(OC(=O)C(C)(C)C)cc4ccccc24)C3)CC1CC#N. The third-order valence-corrected chi connectivity index (χ3v) is 10.6. The number of morpholine rings is 1. The minimum absolute atomic E-state index is 0.173. The first-order valence-corrected chi connectivity index (χ1v) is 19.3. The lowest BCUT2D eigenvalue weighted by Crippen LogP contribution is -2.56. The molecule has 288 valence electrons. The summed E-state index contributed by atoms with van der Waals surface area (Å²) in [6.45, 7) is 16.8. The molecule has 1 amide bonds. The summed E-state index contributed by atoms with van der Waals surface area (Å²) in [6, 6.07) is 14.7. The fraction of sp³-hybridized carbons (Fsp3) is 0.585. The van der Waals surface area contributed by atoms with Crippen molar-refractivity contribution in [3.05, 3.63) is 47.7 Å². The average Bonchev–Trinajstić information content (AvgIpc) is 3.75. The molecule has 54 heavy (non-hydrogen) atoms.